The van der Waals surface area contributed by atoms with E-state index in [9.17, 15) is 0 Å². The molecule has 0 saturated carbocycles. The van der Waals surface area contributed by atoms with Crippen LogP contribution in [0, 0.1) is 6.07 Å². The molecule has 2 aliphatic carbocycles. The van der Waals surface area contributed by atoms with Gasteiger partial charge in [0.15, 0.2) is 0 Å². The molecule has 0 atom stereocenters. The lowest BCUT2D eigenvalue weighted by Gasteiger charge is -2.20. The highest BCUT2D eigenvalue weighted by Gasteiger charge is 2.14. The lowest BCUT2D eigenvalue weighted by atomic mass is 9.84. The molecule has 0 fully saturated rings. The molecule has 0 saturated heterocycles. The predicted octanol–water partition coefficient (Wildman–Crippen LogP) is 5.28. The van der Waals surface area contributed by atoms with E-state index in [2.05, 4.69) is 31.2 Å². The Bertz CT molecular complexity index is 430. The lowest BCUT2D eigenvalue weighted by molar-refractivity contribution is 0.666. The van der Waals surface area contributed by atoms with Gasteiger partial charge in [-0.1, -0.05) is 74.7 Å². The van der Waals surface area contributed by atoms with Gasteiger partial charge in [0.05, 0.1) is 0 Å². The van der Waals surface area contributed by atoms with Crippen LogP contribution < -0.4 is 0 Å². The highest BCUT2D eigenvalue weighted by atomic mass is 14.2. The number of fused-ring (bicyclic) bond motifs is 1. The van der Waals surface area contributed by atoms with Crippen LogP contribution >= 0.6 is 0 Å². The van der Waals surface area contributed by atoms with Crippen molar-refractivity contribution in [1.82, 2.24) is 0 Å². The van der Waals surface area contributed by atoms with E-state index in [0.717, 1.165) is 0 Å². The van der Waals surface area contributed by atoms with Gasteiger partial charge in [-0.3, -0.25) is 0 Å². The zero-order valence-electron chi connectivity index (χ0n) is 11.2. The van der Waals surface area contributed by atoms with E-state index < -0.39 is 0 Å². The molecule has 18 heavy (non-hydrogen) atoms. The van der Waals surface area contributed by atoms with Crippen molar-refractivity contribution in [3.8, 4) is 11.1 Å². The van der Waals surface area contributed by atoms with Crippen LogP contribution in [0.1, 0.15) is 38.2 Å². The van der Waals surface area contributed by atoms with Gasteiger partial charge in [0.1, 0.15) is 0 Å². The Balaban J connectivity index is 0.000000169. The van der Waals surface area contributed by atoms with Crippen molar-refractivity contribution >= 4 is 0 Å². The molecule has 0 bridgehead atoms. The molecule has 93 valence electrons. The Morgan fingerprint density at radius 2 is 1.78 bits per heavy atom. The summed E-state index contributed by atoms with van der Waals surface area (Å²) in [5.41, 5.74) is 4.63. The molecule has 1 aromatic carbocycles. The second-order valence-corrected chi connectivity index (χ2v) is 4.76. The molecular weight excluding hydrogens is 216 g/mol. The van der Waals surface area contributed by atoms with Crippen molar-refractivity contribution in [2.45, 2.75) is 39.0 Å². The van der Waals surface area contributed by atoms with Gasteiger partial charge in [-0.2, -0.15) is 0 Å². The van der Waals surface area contributed by atoms with Crippen LogP contribution in [0.4, 0.5) is 0 Å². The van der Waals surface area contributed by atoms with Crippen molar-refractivity contribution in [2.75, 3.05) is 0 Å². The smallest absolute Gasteiger partial charge is 0.0151 e. The maximum Gasteiger partial charge on any atom is -0.0151 e. The minimum atomic E-state index is 1.31. The van der Waals surface area contributed by atoms with Gasteiger partial charge in [-0.05, 0) is 35.6 Å². The first-order valence-corrected chi connectivity index (χ1v) is 6.96. The average molecular weight is 237 g/mol. The molecule has 0 aliphatic heterocycles. The maximum absolute atomic E-state index is 2.89. The van der Waals surface area contributed by atoms with Crippen LogP contribution in [-0.2, 0) is 6.42 Å². The van der Waals surface area contributed by atoms with Crippen LogP contribution in [0.3, 0.4) is 0 Å². The Morgan fingerprint density at radius 1 is 0.944 bits per heavy atom. The summed E-state index contributed by atoms with van der Waals surface area (Å²) in [6.45, 7) is 2.26. The quantitative estimate of drug-likeness (QED) is 0.530. The fourth-order valence-electron chi connectivity index (χ4n) is 2.16. The molecule has 0 aromatic heterocycles. The summed E-state index contributed by atoms with van der Waals surface area (Å²) in [6.07, 6.45) is 6.83. The average Bonchev–Trinajstić information content (AvgIpc) is 2.42. The van der Waals surface area contributed by atoms with E-state index in [1.165, 1.54) is 37.7 Å². The van der Waals surface area contributed by atoms with E-state index in [1.54, 1.807) is 11.1 Å². The SMILES string of the molecule is CCCCCCc1cc2ccc1-2.[c]1ccccc1. The van der Waals surface area contributed by atoms with E-state index in [0.29, 0.717) is 0 Å². The topological polar surface area (TPSA) is 0 Å². The summed E-state index contributed by atoms with van der Waals surface area (Å²) in [4.78, 5) is 0. The molecule has 0 heterocycles. The largest absolute Gasteiger partial charge is 0.0654 e. The molecule has 0 N–H and O–H groups in total. The zero-order chi connectivity index (χ0) is 12.6. The minimum absolute atomic E-state index is 1.31. The fourth-order valence-corrected chi connectivity index (χ4v) is 2.16. The first-order chi connectivity index (χ1) is 8.92. The van der Waals surface area contributed by atoms with Gasteiger partial charge in [0, 0.05) is 0 Å². The second kappa shape index (κ2) is 7.00. The summed E-state index contributed by atoms with van der Waals surface area (Å²) in [5.74, 6) is 0. The highest BCUT2D eigenvalue weighted by Crippen LogP contribution is 2.37. The Hall–Kier alpha value is -1.56. The van der Waals surface area contributed by atoms with Gasteiger partial charge in [-0.25, -0.2) is 0 Å². The third kappa shape index (κ3) is 3.46. The molecule has 1 aromatic rings. The van der Waals surface area contributed by atoms with Crippen molar-refractivity contribution in [3.63, 3.8) is 0 Å². The van der Waals surface area contributed by atoms with Crippen LogP contribution in [0.25, 0.3) is 11.1 Å². The molecule has 1 radical (unpaired) electrons. The molecule has 0 nitrogen and oxygen atoms in total. The van der Waals surface area contributed by atoms with Gasteiger partial charge in [0.25, 0.3) is 0 Å². The van der Waals surface area contributed by atoms with Crippen molar-refractivity contribution < 1.29 is 0 Å². The highest BCUT2D eigenvalue weighted by molar-refractivity contribution is 5.80. The van der Waals surface area contributed by atoms with E-state index in [-0.39, 0.29) is 0 Å². The molecule has 0 unspecified atom stereocenters. The third-order valence-corrected chi connectivity index (χ3v) is 3.32. The fraction of sp³-hybridized carbons (Fsp3) is 0.333. The van der Waals surface area contributed by atoms with Gasteiger partial charge in [-0.15, -0.1) is 0 Å². The van der Waals surface area contributed by atoms with Gasteiger partial charge < -0.3 is 0 Å². The molecule has 2 aliphatic rings. The zero-order valence-corrected chi connectivity index (χ0v) is 11.2. The lowest BCUT2D eigenvalue weighted by Crippen LogP contribution is -2.00. The number of benzene rings is 2. The molecular formula is C18H21. The number of rotatable bonds is 5. The first-order valence-electron chi connectivity index (χ1n) is 6.96. The van der Waals surface area contributed by atoms with Crippen LogP contribution in [-0.4, -0.2) is 0 Å². The summed E-state index contributed by atoms with van der Waals surface area (Å²) in [6, 6.07) is 19.3. The van der Waals surface area contributed by atoms with E-state index in [1.807, 2.05) is 30.3 Å². The summed E-state index contributed by atoms with van der Waals surface area (Å²) < 4.78 is 0. The normalized spacial score (nSPS) is 10.5. The number of aryl methyl sites for hydroxylation is 1. The second-order valence-electron chi connectivity index (χ2n) is 4.76. The summed E-state index contributed by atoms with van der Waals surface area (Å²) in [5, 5.41) is 0. The Morgan fingerprint density at radius 3 is 2.17 bits per heavy atom. The minimum Gasteiger partial charge on any atom is -0.0654 e. The molecule has 0 heteroatoms. The van der Waals surface area contributed by atoms with Crippen molar-refractivity contribution in [1.29, 1.82) is 0 Å². The van der Waals surface area contributed by atoms with Crippen molar-refractivity contribution in [2.24, 2.45) is 0 Å². The Labute approximate surface area is 111 Å². The number of hydrogen-bond donors (Lipinski definition) is 0. The van der Waals surface area contributed by atoms with E-state index in [4.69, 9.17) is 0 Å². The monoisotopic (exact) mass is 237 g/mol. The van der Waals surface area contributed by atoms with Crippen LogP contribution in [0.5, 0.6) is 0 Å². The summed E-state index contributed by atoms with van der Waals surface area (Å²) in [7, 11) is 0. The first kappa shape index (κ1) is 12.9. The standard InChI is InChI=1S/C12H16.C6H5/c1-2-3-4-5-6-10-9-11-7-8-12(10)11;1-2-4-6-5-3-1/h7-9H,2-6H2,1H3;1-5H. The predicted molar refractivity (Wildman–Crippen MR) is 78.6 cm³/mol. The third-order valence-electron chi connectivity index (χ3n) is 3.32. The molecule has 3 rings (SSSR count). The Kier molecular flexibility index (Phi) is 5.01. The van der Waals surface area contributed by atoms with Crippen LogP contribution in [0.2, 0.25) is 0 Å². The van der Waals surface area contributed by atoms with E-state index >= 15 is 0 Å². The number of unbranched alkanes of at least 4 members (excludes halogenated alkanes) is 3. The van der Waals surface area contributed by atoms with Crippen LogP contribution in [0.15, 0.2) is 48.5 Å². The molecule has 0 amide bonds. The number of hydrogen-bond acceptors (Lipinski definition) is 0. The van der Waals surface area contributed by atoms with Gasteiger partial charge >= 0.3 is 0 Å². The van der Waals surface area contributed by atoms with Crippen molar-refractivity contribution in [3.05, 3.63) is 60.2 Å². The summed E-state index contributed by atoms with van der Waals surface area (Å²) >= 11 is 0. The molecule has 0 spiro atoms. The van der Waals surface area contributed by atoms with Gasteiger partial charge in [0.2, 0.25) is 0 Å². The maximum atomic E-state index is 2.89.